The Labute approximate surface area is 108 Å². The van der Waals surface area contributed by atoms with E-state index in [2.05, 4.69) is 41.5 Å². The molecular weight excluding hydrogens is 230 g/mol. The molecule has 2 unspecified atom stereocenters. The van der Waals surface area contributed by atoms with Crippen molar-refractivity contribution in [3.05, 3.63) is 16.1 Å². The highest BCUT2D eigenvalue weighted by Gasteiger charge is 2.19. The van der Waals surface area contributed by atoms with Crippen molar-refractivity contribution in [3.8, 4) is 0 Å². The number of nitrogens with zero attached hydrogens (tertiary/aromatic N) is 2. The van der Waals surface area contributed by atoms with Crippen molar-refractivity contribution in [3.63, 3.8) is 0 Å². The van der Waals surface area contributed by atoms with Gasteiger partial charge in [0, 0.05) is 23.7 Å². The van der Waals surface area contributed by atoms with E-state index >= 15 is 0 Å². The van der Waals surface area contributed by atoms with Crippen molar-refractivity contribution in [2.24, 2.45) is 0 Å². The minimum atomic E-state index is 0.379. The van der Waals surface area contributed by atoms with Gasteiger partial charge in [0.1, 0.15) is 5.01 Å². The number of thiazole rings is 1. The smallest absolute Gasteiger partial charge is 0.110 e. The summed E-state index contributed by atoms with van der Waals surface area (Å²) in [6.07, 6.45) is 4.06. The van der Waals surface area contributed by atoms with Crippen LogP contribution >= 0.6 is 11.3 Å². The van der Waals surface area contributed by atoms with E-state index in [1.807, 2.05) is 0 Å². The third-order valence-corrected chi connectivity index (χ3v) is 4.73. The number of aromatic nitrogens is 1. The summed E-state index contributed by atoms with van der Waals surface area (Å²) < 4.78 is 0. The zero-order valence-electron chi connectivity index (χ0n) is 11.1. The maximum Gasteiger partial charge on any atom is 0.110 e. The normalized spacial score (nSPS) is 23.8. The highest BCUT2D eigenvalue weighted by molar-refractivity contribution is 7.09. The molecule has 0 aromatic carbocycles. The van der Waals surface area contributed by atoms with E-state index in [0.29, 0.717) is 12.1 Å². The van der Waals surface area contributed by atoms with Crippen molar-refractivity contribution in [2.45, 2.75) is 45.2 Å². The number of hydrogen-bond acceptors (Lipinski definition) is 4. The summed E-state index contributed by atoms with van der Waals surface area (Å²) in [6.45, 7) is 6.59. The molecule has 1 aliphatic heterocycles. The molecule has 1 aliphatic rings. The molecule has 2 atom stereocenters. The molecule has 2 heterocycles. The number of aryl methyl sites for hydroxylation is 1. The lowest BCUT2D eigenvalue weighted by Gasteiger charge is -2.33. The largest absolute Gasteiger partial charge is 0.307 e. The van der Waals surface area contributed by atoms with Gasteiger partial charge in [0.25, 0.3) is 0 Å². The van der Waals surface area contributed by atoms with Gasteiger partial charge in [0.15, 0.2) is 0 Å². The van der Waals surface area contributed by atoms with Crippen LogP contribution in [-0.2, 0) is 0 Å². The van der Waals surface area contributed by atoms with Gasteiger partial charge in [0.05, 0.1) is 6.04 Å². The van der Waals surface area contributed by atoms with Crippen LogP contribution in [0.3, 0.4) is 0 Å². The Morgan fingerprint density at radius 2 is 2.41 bits per heavy atom. The maximum atomic E-state index is 4.54. The molecule has 2 rings (SSSR count). The minimum Gasteiger partial charge on any atom is -0.307 e. The van der Waals surface area contributed by atoms with Crippen LogP contribution in [0.25, 0.3) is 0 Å². The first-order valence-corrected chi connectivity index (χ1v) is 7.40. The highest BCUT2D eigenvalue weighted by atomic mass is 32.1. The molecule has 1 aromatic rings. The molecule has 1 aromatic heterocycles. The van der Waals surface area contributed by atoms with Gasteiger partial charge < -0.3 is 10.2 Å². The number of nitrogens with one attached hydrogen (secondary N) is 1. The van der Waals surface area contributed by atoms with Crippen LogP contribution in [0.4, 0.5) is 0 Å². The summed E-state index contributed by atoms with van der Waals surface area (Å²) in [5, 5.41) is 6.95. The molecule has 3 nitrogen and oxygen atoms in total. The molecule has 0 amide bonds. The first-order chi connectivity index (χ1) is 8.16. The molecule has 0 radical (unpaired) electrons. The molecule has 0 saturated carbocycles. The summed E-state index contributed by atoms with van der Waals surface area (Å²) in [5.41, 5.74) is 1.13. The third kappa shape index (κ3) is 3.50. The van der Waals surface area contributed by atoms with E-state index in [0.717, 1.165) is 12.2 Å². The second-order valence-electron chi connectivity index (χ2n) is 5.09. The van der Waals surface area contributed by atoms with E-state index in [-0.39, 0.29) is 0 Å². The van der Waals surface area contributed by atoms with E-state index in [4.69, 9.17) is 0 Å². The zero-order valence-corrected chi connectivity index (χ0v) is 11.9. The molecule has 0 bridgehead atoms. The van der Waals surface area contributed by atoms with Gasteiger partial charge >= 0.3 is 0 Å². The molecule has 0 aliphatic carbocycles. The van der Waals surface area contributed by atoms with Crippen LogP contribution in [0.1, 0.15) is 42.9 Å². The summed E-state index contributed by atoms with van der Waals surface area (Å²) in [6, 6.07) is 1.08. The van der Waals surface area contributed by atoms with Crippen molar-refractivity contribution in [1.82, 2.24) is 15.2 Å². The van der Waals surface area contributed by atoms with Crippen LogP contribution in [0.5, 0.6) is 0 Å². The lowest BCUT2D eigenvalue weighted by atomic mass is 10.0. The first kappa shape index (κ1) is 13.0. The fourth-order valence-corrected chi connectivity index (χ4v) is 3.20. The average molecular weight is 253 g/mol. The lowest BCUT2D eigenvalue weighted by molar-refractivity contribution is 0.178. The van der Waals surface area contributed by atoms with Gasteiger partial charge in [-0.15, -0.1) is 11.3 Å². The number of likely N-dealkylation sites (tertiary alicyclic amines) is 1. The summed E-state index contributed by atoms with van der Waals surface area (Å²) >= 11 is 1.76. The van der Waals surface area contributed by atoms with Crippen LogP contribution in [0.15, 0.2) is 5.38 Å². The number of rotatable bonds is 4. The van der Waals surface area contributed by atoms with Crippen LogP contribution < -0.4 is 5.32 Å². The van der Waals surface area contributed by atoms with Crippen LogP contribution in [0.2, 0.25) is 0 Å². The van der Waals surface area contributed by atoms with E-state index in [1.54, 1.807) is 11.3 Å². The van der Waals surface area contributed by atoms with Crippen LogP contribution in [0, 0.1) is 6.92 Å². The Hall–Kier alpha value is -0.450. The standard InChI is InChI=1S/C13H23N3S/c1-10-9-17-13(15-10)11(2)14-8-12-6-4-5-7-16(12)3/h9,11-12,14H,4-8H2,1-3H3. The van der Waals surface area contributed by atoms with Gasteiger partial charge in [-0.1, -0.05) is 6.42 Å². The monoisotopic (exact) mass is 253 g/mol. The van der Waals surface area contributed by atoms with Crippen LogP contribution in [-0.4, -0.2) is 36.1 Å². The van der Waals surface area contributed by atoms with Gasteiger partial charge in [-0.25, -0.2) is 4.98 Å². The highest BCUT2D eigenvalue weighted by Crippen LogP contribution is 2.19. The average Bonchev–Trinajstić information content (AvgIpc) is 2.74. The Morgan fingerprint density at radius 1 is 1.59 bits per heavy atom. The minimum absolute atomic E-state index is 0.379. The second kappa shape index (κ2) is 5.94. The summed E-state index contributed by atoms with van der Waals surface area (Å²) in [5.74, 6) is 0. The maximum absolute atomic E-state index is 4.54. The summed E-state index contributed by atoms with van der Waals surface area (Å²) in [4.78, 5) is 7.02. The fraction of sp³-hybridized carbons (Fsp3) is 0.769. The summed E-state index contributed by atoms with van der Waals surface area (Å²) in [7, 11) is 2.24. The SMILES string of the molecule is Cc1csc(C(C)NCC2CCCCN2C)n1. The fourth-order valence-electron chi connectivity index (χ4n) is 2.37. The molecule has 0 spiro atoms. The Bertz CT molecular complexity index is 350. The van der Waals surface area contributed by atoms with Gasteiger partial charge in [-0.05, 0) is 40.3 Å². The predicted octanol–water partition coefficient (Wildman–Crippen LogP) is 2.59. The van der Waals surface area contributed by atoms with Gasteiger partial charge in [-0.3, -0.25) is 0 Å². The van der Waals surface area contributed by atoms with Gasteiger partial charge in [-0.2, -0.15) is 0 Å². The molecule has 17 heavy (non-hydrogen) atoms. The molecule has 1 saturated heterocycles. The number of piperidine rings is 1. The van der Waals surface area contributed by atoms with Crippen molar-refractivity contribution in [2.75, 3.05) is 20.1 Å². The Morgan fingerprint density at radius 3 is 3.06 bits per heavy atom. The Balaban J connectivity index is 1.81. The topological polar surface area (TPSA) is 28.2 Å². The molecular formula is C13H23N3S. The van der Waals surface area contributed by atoms with Crippen molar-refractivity contribution in [1.29, 1.82) is 0 Å². The van der Waals surface area contributed by atoms with E-state index < -0.39 is 0 Å². The molecule has 4 heteroatoms. The van der Waals surface area contributed by atoms with E-state index in [9.17, 15) is 0 Å². The van der Waals surface area contributed by atoms with E-state index in [1.165, 1.54) is 30.8 Å². The van der Waals surface area contributed by atoms with Gasteiger partial charge in [0.2, 0.25) is 0 Å². The van der Waals surface area contributed by atoms with Crippen molar-refractivity contribution < 1.29 is 0 Å². The first-order valence-electron chi connectivity index (χ1n) is 6.52. The number of likely N-dealkylation sites (N-methyl/N-ethyl adjacent to an activating group) is 1. The van der Waals surface area contributed by atoms with Crippen molar-refractivity contribution >= 4 is 11.3 Å². The third-order valence-electron chi connectivity index (χ3n) is 3.59. The molecule has 1 fully saturated rings. The lowest BCUT2D eigenvalue weighted by Crippen LogP contribution is -2.43. The Kier molecular flexibility index (Phi) is 4.54. The quantitative estimate of drug-likeness (QED) is 0.894. The zero-order chi connectivity index (χ0) is 12.3. The predicted molar refractivity (Wildman–Crippen MR) is 73.5 cm³/mol. The molecule has 1 N–H and O–H groups in total. The second-order valence-corrected chi connectivity index (χ2v) is 5.98. The number of hydrogen-bond donors (Lipinski definition) is 1. The molecule has 96 valence electrons.